The van der Waals surface area contributed by atoms with Crippen molar-refractivity contribution in [1.82, 2.24) is 0 Å². The molecule has 2 atom stereocenters. The van der Waals surface area contributed by atoms with E-state index in [0.29, 0.717) is 5.92 Å². The van der Waals surface area contributed by atoms with Crippen molar-refractivity contribution in [1.29, 1.82) is 0 Å². The average Bonchev–Trinajstić information content (AvgIpc) is 2.01. The van der Waals surface area contributed by atoms with Gasteiger partial charge in [-0.1, -0.05) is 41.0 Å². The van der Waals surface area contributed by atoms with Gasteiger partial charge in [-0.25, -0.2) is 0 Å². The number of rotatable bonds is 3. The van der Waals surface area contributed by atoms with Crippen LogP contribution >= 0.6 is 0 Å². The van der Waals surface area contributed by atoms with Crippen LogP contribution in [0.25, 0.3) is 0 Å². The second kappa shape index (κ2) is 4.64. The van der Waals surface area contributed by atoms with Crippen LogP contribution in [0.3, 0.4) is 0 Å². The third-order valence-electron chi connectivity index (χ3n) is 2.60. The zero-order valence-electron chi connectivity index (χ0n) is 9.68. The van der Waals surface area contributed by atoms with Crippen LogP contribution in [-0.4, -0.2) is 13.1 Å². The number of hydrogen-bond donors (Lipinski definition) is 0. The number of carbonyl (C=O) groups is 1. The first-order valence-corrected chi connectivity index (χ1v) is 4.92. The van der Waals surface area contributed by atoms with Crippen molar-refractivity contribution in [2.45, 2.75) is 41.0 Å². The maximum absolute atomic E-state index is 11.5. The van der Waals surface area contributed by atoms with Crippen LogP contribution in [0.4, 0.5) is 0 Å². The average molecular weight is 186 g/mol. The molecule has 2 unspecified atom stereocenters. The number of methoxy groups -OCH3 is 1. The summed E-state index contributed by atoms with van der Waals surface area (Å²) in [6.07, 6.45) is 1.01. The van der Waals surface area contributed by atoms with Crippen LogP contribution in [0.15, 0.2) is 0 Å². The molecule has 0 amide bonds. The van der Waals surface area contributed by atoms with Gasteiger partial charge in [-0.2, -0.15) is 0 Å². The Kier molecular flexibility index (Phi) is 4.45. The minimum absolute atomic E-state index is 0.00231. The molecule has 0 bridgehead atoms. The van der Waals surface area contributed by atoms with Gasteiger partial charge in [0.15, 0.2) is 0 Å². The van der Waals surface area contributed by atoms with Crippen LogP contribution in [0.2, 0.25) is 0 Å². The third-order valence-corrected chi connectivity index (χ3v) is 2.60. The van der Waals surface area contributed by atoms with E-state index < -0.39 is 0 Å². The molecule has 0 N–H and O–H groups in total. The fourth-order valence-corrected chi connectivity index (χ4v) is 1.80. The van der Waals surface area contributed by atoms with Crippen LogP contribution in [-0.2, 0) is 9.53 Å². The van der Waals surface area contributed by atoms with Crippen molar-refractivity contribution in [3.63, 3.8) is 0 Å². The highest BCUT2D eigenvalue weighted by molar-refractivity contribution is 5.73. The van der Waals surface area contributed by atoms with Crippen molar-refractivity contribution in [2.75, 3.05) is 7.11 Å². The van der Waals surface area contributed by atoms with Crippen molar-refractivity contribution < 1.29 is 9.53 Å². The highest BCUT2D eigenvalue weighted by Crippen LogP contribution is 2.34. The van der Waals surface area contributed by atoms with E-state index in [2.05, 4.69) is 34.6 Å². The number of hydrogen-bond acceptors (Lipinski definition) is 2. The van der Waals surface area contributed by atoms with Gasteiger partial charge in [0.2, 0.25) is 0 Å². The Labute approximate surface area is 81.7 Å². The number of ether oxygens (including phenoxy) is 1. The normalized spacial score (nSPS) is 16.5. The quantitative estimate of drug-likeness (QED) is 0.633. The van der Waals surface area contributed by atoms with E-state index in [4.69, 9.17) is 4.74 Å². The van der Waals surface area contributed by atoms with Crippen molar-refractivity contribution in [2.24, 2.45) is 17.3 Å². The predicted octanol–water partition coefficient (Wildman–Crippen LogP) is 2.87. The second-order valence-electron chi connectivity index (χ2n) is 4.75. The SMILES string of the molecule is CCC(C)C(C(=O)OC)C(C)(C)C. The predicted molar refractivity (Wildman–Crippen MR) is 54.4 cm³/mol. The lowest BCUT2D eigenvalue weighted by Gasteiger charge is -2.32. The summed E-state index contributed by atoms with van der Waals surface area (Å²) in [5, 5.41) is 0. The molecule has 0 radical (unpaired) electrons. The molecular formula is C11H22O2. The summed E-state index contributed by atoms with van der Waals surface area (Å²) in [6, 6.07) is 0. The molecule has 2 heteroatoms. The Hall–Kier alpha value is -0.530. The van der Waals surface area contributed by atoms with Gasteiger partial charge >= 0.3 is 5.97 Å². The molecular weight excluding hydrogens is 164 g/mol. The number of esters is 1. The van der Waals surface area contributed by atoms with E-state index in [9.17, 15) is 4.79 Å². The lowest BCUT2D eigenvalue weighted by molar-refractivity contribution is -0.151. The molecule has 0 saturated carbocycles. The molecule has 0 aromatic heterocycles. The summed E-state index contributed by atoms with van der Waals surface area (Å²) >= 11 is 0. The Bertz CT molecular complexity index is 167. The van der Waals surface area contributed by atoms with E-state index in [0.717, 1.165) is 6.42 Å². The Morgan fingerprint density at radius 1 is 1.38 bits per heavy atom. The molecule has 0 aromatic rings. The molecule has 0 aliphatic rings. The minimum Gasteiger partial charge on any atom is -0.469 e. The maximum atomic E-state index is 11.5. The zero-order chi connectivity index (χ0) is 10.6. The fraction of sp³-hybridized carbons (Fsp3) is 0.909. The lowest BCUT2D eigenvalue weighted by atomic mass is 9.73. The molecule has 0 spiro atoms. The van der Waals surface area contributed by atoms with Gasteiger partial charge in [-0.3, -0.25) is 4.79 Å². The van der Waals surface area contributed by atoms with Crippen molar-refractivity contribution >= 4 is 5.97 Å². The summed E-state index contributed by atoms with van der Waals surface area (Å²) < 4.78 is 4.82. The van der Waals surface area contributed by atoms with Crippen LogP contribution in [0, 0.1) is 17.3 Å². The fourth-order valence-electron chi connectivity index (χ4n) is 1.80. The molecule has 0 fully saturated rings. The van der Waals surface area contributed by atoms with E-state index in [1.54, 1.807) is 0 Å². The van der Waals surface area contributed by atoms with Gasteiger partial charge in [-0.05, 0) is 11.3 Å². The Morgan fingerprint density at radius 3 is 2.08 bits per heavy atom. The summed E-state index contributed by atoms with van der Waals surface area (Å²) in [5.41, 5.74) is -0.0114. The summed E-state index contributed by atoms with van der Waals surface area (Å²) in [7, 11) is 1.46. The summed E-state index contributed by atoms with van der Waals surface area (Å²) in [6.45, 7) is 10.5. The third kappa shape index (κ3) is 3.37. The minimum atomic E-state index is -0.0816. The van der Waals surface area contributed by atoms with E-state index >= 15 is 0 Å². The lowest BCUT2D eigenvalue weighted by Crippen LogP contribution is -2.34. The van der Waals surface area contributed by atoms with Gasteiger partial charge in [0, 0.05) is 0 Å². The van der Waals surface area contributed by atoms with Gasteiger partial charge in [0.05, 0.1) is 13.0 Å². The topological polar surface area (TPSA) is 26.3 Å². The molecule has 0 heterocycles. The largest absolute Gasteiger partial charge is 0.469 e. The first kappa shape index (κ1) is 12.5. The smallest absolute Gasteiger partial charge is 0.309 e. The summed E-state index contributed by atoms with van der Waals surface area (Å²) in [5.74, 6) is 0.303. The van der Waals surface area contributed by atoms with Gasteiger partial charge < -0.3 is 4.74 Å². The van der Waals surface area contributed by atoms with E-state index in [-0.39, 0.29) is 17.3 Å². The molecule has 0 saturated heterocycles. The van der Waals surface area contributed by atoms with Crippen molar-refractivity contribution in [3.8, 4) is 0 Å². The van der Waals surface area contributed by atoms with Crippen molar-refractivity contribution in [3.05, 3.63) is 0 Å². The Balaban J connectivity index is 4.65. The molecule has 13 heavy (non-hydrogen) atoms. The van der Waals surface area contributed by atoms with Gasteiger partial charge in [-0.15, -0.1) is 0 Å². The highest BCUT2D eigenvalue weighted by atomic mass is 16.5. The molecule has 2 nitrogen and oxygen atoms in total. The van der Waals surface area contributed by atoms with Crippen LogP contribution in [0.5, 0.6) is 0 Å². The first-order valence-electron chi connectivity index (χ1n) is 4.92. The van der Waals surface area contributed by atoms with E-state index in [1.807, 2.05) is 0 Å². The van der Waals surface area contributed by atoms with Gasteiger partial charge in [0.25, 0.3) is 0 Å². The first-order chi connectivity index (χ1) is 5.84. The standard InChI is InChI=1S/C11H22O2/c1-7-8(2)9(10(12)13-6)11(3,4)5/h8-9H,7H2,1-6H3. The molecule has 0 aliphatic carbocycles. The molecule has 0 rings (SSSR count). The van der Waals surface area contributed by atoms with E-state index in [1.165, 1.54) is 7.11 Å². The summed E-state index contributed by atoms with van der Waals surface area (Å²) in [4.78, 5) is 11.5. The maximum Gasteiger partial charge on any atom is 0.309 e. The zero-order valence-corrected chi connectivity index (χ0v) is 9.68. The number of carbonyl (C=O) groups excluding carboxylic acids is 1. The Morgan fingerprint density at radius 2 is 1.85 bits per heavy atom. The highest BCUT2D eigenvalue weighted by Gasteiger charge is 2.35. The van der Waals surface area contributed by atoms with Gasteiger partial charge in [0.1, 0.15) is 0 Å². The second-order valence-corrected chi connectivity index (χ2v) is 4.75. The van der Waals surface area contributed by atoms with Crippen LogP contribution < -0.4 is 0 Å². The molecule has 78 valence electrons. The molecule has 0 aromatic carbocycles. The monoisotopic (exact) mass is 186 g/mol. The van der Waals surface area contributed by atoms with Crippen LogP contribution in [0.1, 0.15) is 41.0 Å². The molecule has 0 aliphatic heterocycles.